The van der Waals surface area contributed by atoms with Gasteiger partial charge in [-0.15, -0.1) is 0 Å². The van der Waals surface area contributed by atoms with Crippen LogP contribution in [0.5, 0.6) is 5.75 Å². The lowest BCUT2D eigenvalue weighted by molar-refractivity contribution is 0.105. The molecular weight excluding hydrogens is 502 g/mol. The van der Waals surface area contributed by atoms with Crippen molar-refractivity contribution in [2.24, 2.45) is 0 Å². The van der Waals surface area contributed by atoms with Gasteiger partial charge in [-0.3, -0.25) is 9.69 Å². The number of ketones is 1. The standard InChI is InChI=1S/C26H24F2N4O4S/c1-37(34,35)32-6-4-31(5-7-32)8-9-36-21-2-3-22-23(13-21)26(33)25(18-14-29-16-30-15-18)24(22)17-10-19(27)12-20(28)11-17/h2-3,10-16H,4-9H2,1H3. The minimum atomic E-state index is -3.19. The molecule has 0 amide bonds. The molecule has 2 aliphatic rings. The SMILES string of the molecule is CS(=O)(=O)N1CCN(CCOc2ccc3c(c2)C(=O)C(c2cncnc2)=C3c2cc(F)cc(F)c2)CC1. The number of nitrogens with zero attached hydrogens (tertiary/aromatic N) is 4. The van der Waals surface area contributed by atoms with Crippen molar-refractivity contribution in [2.75, 3.05) is 45.6 Å². The van der Waals surface area contributed by atoms with Crippen molar-refractivity contribution in [1.29, 1.82) is 0 Å². The number of piperazine rings is 1. The summed E-state index contributed by atoms with van der Waals surface area (Å²) < 4.78 is 58.9. The van der Waals surface area contributed by atoms with Gasteiger partial charge in [0.15, 0.2) is 5.78 Å². The summed E-state index contributed by atoms with van der Waals surface area (Å²) in [5.74, 6) is -1.32. The summed E-state index contributed by atoms with van der Waals surface area (Å²) >= 11 is 0. The lowest BCUT2D eigenvalue weighted by atomic mass is 9.95. The predicted octanol–water partition coefficient (Wildman–Crippen LogP) is 2.87. The van der Waals surface area contributed by atoms with E-state index in [2.05, 4.69) is 14.9 Å². The molecule has 0 N–H and O–H groups in total. The Balaban J connectivity index is 1.36. The zero-order chi connectivity index (χ0) is 26.2. The Hall–Kier alpha value is -3.54. The van der Waals surface area contributed by atoms with Gasteiger partial charge in [0.2, 0.25) is 10.0 Å². The highest BCUT2D eigenvalue weighted by Crippen LogP contribution is 2.43. The maximum Gasteiger partial charge on any atom is 0.211 e. The van der Waals surface area contributed by atoms with Crippen LogP contribution < -0.4 is 4.74 Å². The van der Waals surface area contributed by atoms with E-state index in [1.54, 1.807) is 18.2 Å². The first-order valence-corrected chi connectivity index (χ1v) is 13.5. The summed E-state index contributed by atoms with van der Waals surface area (Å²) in [7, 11) is -3.19. The van der Waals surface area contributed by atoms with Crippen LogP contribution in [0.15, 0.2) is 55.1 Å². The molecule has 1 aromatic heterocycles. The second-order valence-corrected chi connectivity index (χ2v) is 10.9. The van der Waals surface area contributed by atoms with Gasteiger partial charge in [-0.05, 0) is 41.5 Å². The molecule has 1 aliphatic carbocycles. The highest BCUT2D eigenvalue weighted by atomic mass is 32.2. The molecule has 0 bridgehead atoms. The second-order valence-electron chi connectivity index (χ2n) is 8.92. The highest BCUT2D eigenvalue weighted by Gasteiger charge is 2.32. The van der Waals surface area contributed by atoms with Gasteiger partial charge >= 0.3 is 0 Å². The molecule has 1 saturated heterocycles. The fourth-order valence-corrected chi connectivity index (χ4v) is 5.51. The maximum atomic E-state index is 14.1. The molecule has 0 saturated carbocycles. The van der Waals surface area contributed by atoms with Crippen LogP contribution in [0.3, 0.4) is 0 Å². The maximum absolute atomic E-state index is 14.1. The summed E-state index contributed by atoms with van der Waals surface area (Å²) in [5, 5.41) is 0. The number of allylic oxidation sites excluding steroid dienone is 1. The van der Waals surface area contributed by atoms with E-state index in [1.807, 2.05) is 0 Å². The van der Waals surface area contributed by atoms with Crippen molar-refractivity contribution in [3.05, 3.63) is 89.0 Å². The van der Waals surface area contributed by atoms with E-state index in [0.29, 0.717) is 67.3 Å². The number of hydrogen-bond acceptors (Lipinski definition) is 7. The quantitative estimate of drug-likeness (QED) is 0.468. The zero-order valence-corrected chi connectivity index (χ0v) is 20.8. The normalized spacial score (nSPS) is 16.8. The molecule has 11 heteroatoms. The smallest absolute Gasteiger partial charge is 0.211 e. The van der Waals surface area contributed by atoms with Crippen LogP contribution in [-0.4, -0.2) is 79.0 Å². The molecule has 2 aromatic carbocycles. The number of ether oxygens (including phenoxy) is 1. The number of carbonyl (C=O) groups is 1. The average Bonchev–Trinajstić information content (AvgIpc) is 3.15. The number of fused-ring (bicyclic) bond motifs is 1. The zero-order valence-electron chi connectivity index (χ0n) is 20.0. The monoisotopic (exact) mass is 526 g/mol. The van der Waals surface area contributed by atoms with Crippen molar-refractivity contribution in [3.8, 4) is 5.75 Å². The molecule has 3 aromatic rings. The second kappa shape index (κ2) is 10.1. The van der Waals surface area contributed by atoms with Crippen LogP contribution in [0.2, 0.25) is 0 Å². The van der Waals surface area contributed by atoms with E-state index in [1.165, 1.54) is 41.4 Å². The van der Waals surface area contributed by atoms with E-state index in [4.69, 9.17) is 4.74 Å². The van der Waals surface area contributed by atoms with E-state index in [-0.39, 0.29) is 16.9 Å². The number of carbonyl (C=O) groups excluding carboxylic acids is 1. The van der Waals surface area contributed by atoms with E-state index in [0.717, 1.165) is 6.07 Å². The largest absolute Gasteiger partial charge is 0.492 e. The Morgan fingerprint density at radius 1 is 0.892 bits per heavy atom. The highest BCUT2D eigenvalue weighted by molar-refractivity contribution is 7.88. The average molecular weight is 527 g/mol. The first kappa shape index (κ1) is 25.1. The third-order valence-corrected chi connectivity index (χ3v) is 7.76. The van der Waals surface area contributed by atoms with Crippen LogP contribution in [0.25, 0.3) is 11.1 Å². The van der Waals surface area contributed by atoms with Crippen LogP contribution in [0.1, 0.15) is 27.0 Å². The number of rotatable bonds is 7. The summed E-state index contributed by atoms with van der Waals surface area (Å²) in [6.07, 6.45) is 5.53. The summed E-state index contributed by atoms with van der Waals surface area (Å²) in [6.45, 7) is 3.04. The van der Waals surface area contributed by atoms with Crippen LogP contribution in [-0.2, 0) is 10.0 Å². The molecular formula is C26H24F2N4O4S. The van der Waals surface area contributed by atoms with Crippen LogP contribution in [0.4, 0.5) is 8.78 Å². The van der Waals surface area contributed by atoms with Crippen molar-refractivity contribution >= 4 is 27.0 Å². The number of benzene rings is 2. The van der Waals surface area contributed by atoms with Crippen LogP contribution >= 0.6 is 0 Å². The lowest BCUT2D eigenvalue weighted by Crippen LogP contribution is -2.49. The molecule has 2 heterocycles. The van der Waals surface area contributed by atoms with Crippen molar-refractivity contribution in [1.82, 2.24) is 19.2 Å². The topological polar surface area (TPSA) is 92.7 Å². The number of aromatic nitrogens is 2. The molecule has 8 nitrogen and oxygen atoms in total. The van der Waals surface area contributed by atoms with Crippen LogP contribution in [0, 0.1) is 11.6 Å². The van der Waals surface area contributed by atoms with Gasteiger partial charge in [-0.2, -0.15) is 4.31 Å². The van der Waals surface area contributed by atoms with Gasteiger partial charge in [0.25, 0.3) is 0 Å². The van der Waals surface area contributed by atoms with Gasteiger partial charge in [0.05, 0.1) is 6.26 Å². The minimum Gasteiger partial charge on any atom is -0.492 e. The van der Waals surface area contributed by atoms with Crippen molar-refractivity contribution in [3.63, 3.8) is 0 Å². The molecule has 37 heavy (non-hydrogen) atoms. The number of hydrogen-bond donors (Lipinski definition) is 0. The van der Waals surface area contributed by atoms with Gasteiger partial charge in [-0.1, -0.05) is 0 Å². The molecule has 0 unspecified atom stereocenters. The third-order valence-electron chi connectivity index (χ3n) is 6.46. The first-order chi connectivity index (χ1) is 17.7. The Morgan fingerprint density at radius 2 is 1.57 bits per heavy atom. The van der Waals surface area contributed by atoms with E-state index >= 15 is 0 Å². The fraction of sp³-hybridized carbons (Fsp3) is 0.269. The van der Waals surface area contributed by atoms with Crippen molar-refractivity contribution in [2.45, 2.75) is 0 Å². The summed E-state index contributed by atoms with van der Waals surface area (Å²) in [6, 6.07) is 8.23. The molecule has 0 atom stereocenters. The number of halogens is 2. The van der Waals surface area contributed by atoms with Gasteiger partial charge in [0.1, 0.15) is 30.3 Å². The molecule has 192 valence electrons. The van der Waals surface area contributed by atoms with Crippen molar-refractivity contribution < 1.29 is 26.7 Å². The molecule has 1 fully saturated rings. The summed E-state index contributed by atoms with van der Waals surface area (Å²) in [4.78, 5) is 23.6. The third kappa shape index (κ3) is 5.29. The molecule has 5 rings (SSSR count). The molecule has 0 spiro atoms. The summed E-state index contributed by atoms with van der Waals surface area (Å²) in [5.41, 5.74) is 2.25. The number of sulfonamides is 1. The Kier molecular flexibility index (Phi) is 6.84. The fourth-order valence-electron chi connectivity index (χ4n) is 4.68. The Bertz CT molecular complexity index is 1470. The predicted molar refractivity (Wildman–Crippen MR) is 133 cm³/mol. The number of Topliss-reactive ketones (excluding diaryl/α,β-unsaturated/α-hetero) is 1. The molecule has 0 radical (unpaired) electrons. The van der Waals surface area contributed by atoms with E-state index < -0.39 is 21.7 Å². The lowest BCUT2D eigenvalue weighted by Gasteiger charge is -2.33. The van der Waals surface area contributed by atoms with Gasteiger partial charge in [-0.25, -0.2) is 27.2 Å². The van der Waals surface area contributed by atoms with E-state index in [9.17, 15) is 22.0 Å². The minimum absolute atomic E-state index is 0.241. The Labute approximate surface area is 213 Å². The first-order valence-electron chi connectivity index (χ1n) is 11.7. The molecule has 1 aliphatic heterocycles. The van der Waals surface area contributed by atoms with Gasteiger partial charge in [0, 0.05) is 73.5 Å². The Morgan fingerprint density at radius 3 is 2.22 bits per heavy atom. The van der Waals surface area contributed by atoms with Gasteiger partial charge < -0.3 is 4.74 Å².